The number of piperidine rings is 1. The lowest BCUT2D eigenvalue weighted by atomic mass is 9.78. The zero-order valence-corrected chi connectivity index (χ0v) is 16.8. The number of rotatable bonds is 3. The highest BCUT2D eigenvalue weighted by Crippen LogP contribution is 2.37. The highest BCUT2D eigenvalue weighted by molar-refractivity contribution is 6.62. The predicted molar refractivity (Wildman–Crippen MR) is 104 cm³/mol. The normalized spacial score (nSPS) is 24.6. The van der Waals surface area contributed by atoms with Gasteiger partial charge in [-0.3, -0.25) is 0 Å². The Morgan fingerprint density at radius 3 is 2.46 bits per heavy atom. The molecular formula is C20H30BNO4. The van der Waals surface area contributed by atoms with Crippen LogP contribution in [0, 0.1) is 5.92 Å². The topological polar surface area (TPSA) is 48.0 Å². The van der Waals surface area contributed by atoms with Gasteiger partial charge in [-0.2, -0.15) is 0 Å². The van der Waals surface area contributed by atoms with Gasteiger partial charge in [-0.1, -0.05) is 13.0 Å². The van der Waals surface area contributed by atoms with E-state index in [0.717, 1.165) is 30.7 Å². The van der Waals surface area contributed by atoms with E-state index in [0.29, 0.717) is 11.5 Å². The molecule has 1 aromatic rings. The highest BCUT2D eigenvalue weighted by atomic mass is 16.7. The van der Waals surface area contributed by atoms with Crippen molar-refractivity contribution in [2.45, 2.75) is 58.7 Å². The molecule has 0 saturated carbocycles. The molecular weight excluding hydrogens is 329 g/mol. The Labute approximate surface area is 157 Å². The van der Waals surface area contributed by atoms with E-state index in [9.17, 15) is 4.79 Å². The molecule has 2 fully saturated rings. The van der Waals surface area contributed by atoms with Gasteiger partial charge in [-0.25, -0.2) is 4.79 Å². The number of carbonyl (C=O) groups is 1. The molecule has 0 bridgehead atoms. The molecule has 0 aliphatic carbocycles. The number of methoxy groups -OCH3 is 1. The summed E-state index contributed by atoms with van der Waals surface area (Å²) in [6, 6.07) is 5.87. The summed E-state index contributed by atoms with van der Waals surface area (Å²) < 4.78 is 17.3. The van der Waals surface area contributed by atoms with Crippen LogP contribution in [0.5, 0.6) is 0 Å². The van der Waals surface area contributed by atoms with E-state index in [1.54, 1.807) is 0 Å². The quantitative estimate of drug-likeness (QED) is 0.613. The van der Waals surface area contributed by atoms with Crippen LogP contribution in [-0.4, -0.2) is 44.5 Å². The highest BCUT2D eigenvalue weighted by Gasteiger charge is 2.51. The molecule has 2 aliphatic heterocycles. The maximum Gasteiger partial charge on any atom is 0.494 e. The fraction of sp³-hybridized carbons (Fsp3) is 0.650. The lowest BCUT2D eigenvalue weighted by molar-refractivity contribution is 0.00578. The third kappa shape index (κ3) is 3.49. The van der Waals surface area contributed by atoms with Crippen LogP contribution < -0.4 is 10.4 Å². The second-order valence-corrected chi connectivity index (χ2v) is 8.55. The second kappa shape index (κ2) is 6.89. The third-order valence-electron chi connectivity index (χ3n) is 5.95. The standard InChI is InChI=1S/C20H30BNO4/c1-14-8-7-11-22(13-14)17-10-9-15(12-16(17)18(23)24-6)21-25-19(2,3)20(4,5)26-21/h9-10,12,14H,7-8,11,13H2,1-6H3. The van der Waals surface area contributed by atoms with E-state index >= 15 is 0 Å². The summed E-state index contributed by atoms with van der Waals surface area (Å²) in [6.07, 6.45) is 2.37. The maximum absolute atomic E-state index is 12.4. The van der Waals surface area contributed by atoms with Gasteiger partial charge >= 0.3 is 13.1 Å². The number of ether oxygens (including phenoxy) is 1. The second-order valence-electron chi connectivity index (χ2n) is 8.55. The molecule has 3 rings (SSSR count). The van der Waals surface area contributed by atoms with Crippen LogP contribution in [0.1, 0.15) is 57.8 Å². The van der Waals surface area contributed by atoms with Crippen LogP contribution >= 0.6 is 0 Å². The summed E-state index contributed by atoms with van der Waals surface area (Å²) in [5, 5.41) is 0. The molecule has 1 atom stereocenters. The minimum Gasteiger partial charge on any atom is -0.465 e. The van der Waals surface area contributed by atoms with Gasteiger partial charge in [0, 0.05) is 13.1 Å². The molecule has 0 aromatic heterocycles. The van der Waals surface area contributed by atoms with Crippen LogP contribution in [0.15, 0.2) is 18.2 Å². The molecule has 0 N–H and O–H groups in total. The summed E-state index contributed by atoms with van der Waals surface area (Å²) in [7, 11) is 0.935. The summed E-state index contributed by atoms with van der Waals surface area (Å²) >= 11 is 0. The van der Waals surface area contributed by atoms with Crippen molar-refractivity contribution in [3.63, 3.8) is 0 Å². The Kier molecular flexibility index (Phi) is 5.10. The smallest absolute Gasteiger partial charge is 0.465 e. The Bertz CT molecular complexity index is 672. The van der Waals surface area contributed by atoms with E-state index in [1.807, 2.05) is 45.9 Å². The van der Waals surface area contributed by atoms with Crippen LogP contribution in [0.4, 0.5) is 5.69 Å². The first kappa shape index (κ1) is 19.2. The molecule has 2 heterocycles. The number of hydrogen-bond acceptors (Lipinski definition) is 5. The van der Waals surface area contributed by atoms with Crippen molar-refractivity contribution < 1.29 is 18.8 Å². The van der Waals surface area contributed by atoms with Gasteiger partial charge in [0.1, 0.15) is 0 Å². The van der Waals surface area contributed by atoms with Crippen molar-refractivity contribution in [2.24, 2.45) is 5.92 Å². The predicted octanol–water partition coefficient (Wildman–Crippen LogP) is 3.01. The van der Waals surface area contributed by atoms with E-state index in [-0.39, 0.29) is 5.97 Å². The zero-order valence-electron chi connectivity index (χ0n) is 16.8. The first-order valence-electron chi connectivity index (χ1n) is 9.47. The van der Waals surface area contributed by atoms with Crippen LogP contribution in [0.3, 0.4) is 0 Å². The molecule has 1 unspecified atom stereocenters. The number of esters is 1. The lowest BCUT2D eigenvalue weighted by Crippen LogP contribution is -2.41. The van der Waals surface area contributed by atoms with Gasteiger partial charge < -0.3 is 18.9 Å². The van der Waals surface area contributed by atoms with Crippen molar-refractivity contribution in [1.82, 2.24) is 0 Å². The first-order chi connectivity index (χ1) is 12.1. The molecule has 142 valence electrons. The van der Waals surface area contributed by atoms with E-state index in [4.69, 9.17) is 14.0 Å². The van der Waals surface area contributed by atoms with Crippen molar-refractivity contribution in [3.05, 3.63) is 23.8 Å². The van der Waals surface area contributed by atoms with Gasteiger partial charge in [0.25, 0.3) is 0 Å². The van der Waals surface area contributed by atoms with E-state index < -0.39 is 18.3 Å². The number of anilines is 1. The lowest BCUT2D eigenvalue weighted by Gasteiger charge is -2.34. The average molecular weight is 359 g/mol. The number of benzene rings is 1. The fourth-order valence-corrected chi connectivity index (χ4v) is 3.64. The van der Waals surface area contributed by atoms with E-state index in [1.165, 1.54) is 13.5 Å². The summed E-state index contributed by atoms with van der Waals surface area (Å²) in [6.45, 7) is 12.3. The fourth-order valence-electron chi connectivity index (χ4n) is 3.64. The molecule has 0 spiro atoms. The average Bonchev–Trinajstić information content (AvgIpc) is 2.81. The summed E-state index contributed by atoms with van der Waals surface area (Å²) in [5.74, 6) is 0.300. The van der Waals surface area contributed by atoms with Gasteiger partial charge in [0.15, 0.2) is 0 Å². The first-order valence-corrected chi connectivity index (χ1v) is 9.47. The van der Waals surface area contributed by atoms with Crippen LogP contribution in [0.25, 0.3) is 0 Å². The van der Waals surface area contributed by atoms with Gasteiger partial charge in [-0.15, -0.1) is 0 Å². The van der Waals surface area contributed by atoms with Crippen molar-refractivity contribution in [2.75, 3.05) is 25.1 Å². The molecule has 5 nitrogen and oxygen atoms in total. The minimum absolute atomic E-state index is 0.323. The van der Waals surface area contributed by atoms with Crippen molar-refractivity contribution in [3.8, 4) is 0 Å². The van der Waals surface area contributed by atoms with Gasteiger partial charge in [0.05, 0.1) is 29.6 Å². The Morgan fingerprint density at radius 1 is 1.23 bits per heavy atom. The van der Waals surface area contributed by atoms with Crippen molar-refractivity contribution >= 4 is 24.2 Å². The molecule has 2 aliphatic rings. The Balaban J connectivity index is 1.94. The zero-order chi connectivity index (χ0) is 19.1. The monoisotopic (exact) mass is 359 g/mol. The Morgan fingerprint density at radius 2 is 1.88 bits per heavy atom. The molecule has 1 aromatic carbocycles. The van der Waals surface area contributed by atoms with Crippen LogP contribution in [0.2, 0.25) is 0 Å². The van der Waals surface area contributed by atoms with Gasteiger partial charge in [-0.05, 0) is 64.1 Å². The van der Waals surface area contributed by atoms with Gasteiger partial charge in [0.2, 0.25) is 0 Å². The van der Waals surface area contributed by atoms with E-state index in [2.05, 4.69) is 11.8 Å². The molecule has 0 amide bonds. The number of carbonyl (C=O) groups excluding carboxylic acids is 1. The summed E-state index contributed by atoms with van der Waals surface area (Å²) in [4.78, 5) is 14.7. The summed E-state index contributed by atoms with van der Waals surface area (Å²) in [5.41, 5.74) is 1.53. The minimum atomic E-state index is -0.488. The van der Waals surface area contributed by atoms with Crippen molar-refractivity contribution in [1.29, 1.82) is 0 Å². The molecule has 2 saturated heterocycles. The SMILES string of the molecule is COC(=O)c1cc(B2OC(C)(C)C(C)(C)O2)ccc1N1CCCC(C)C1. The largest absolute Gasteiger partial charge is 0.494 e. The van der Waals surface area contributed by atoms with Crippen LogP contribution in [-0.2, 0) is 14.0 Å². The maximum atomic E-state index is 12.4. The third-order valence-corrected chi connectivity index (χ3v) is 5.95. The Hall–Kier alpha value is -1.53. The number of hydrogen-bond donors (Lipinski definition) is 0. The number of nitrogens with zero attached hydrogens (tertiary/aromatic N) is 1. The molecule has 26 heavy (non-hydrogen) atoms. The molecule has 0 radical (unpaired) electrons. The molecule has 6 heteroatoms.